The summed E-state index contributed by atoms with van der Waals surface area (Å²) >= 11 is 1.73. The van der Waals surface area contributed by atoms with Gasteiger partial charge < -0.3 is 14.7 Å². The molecule has 25 heavy (non-hydrogen) atoms. The fraction of sp³-hybridized carbons (Fsp3) is 0.450. The topological polar surface area (TPSA) is 28.0 Å². The van der Waals surface area contributed by atoms with Crippen molar-refractivity contribution in [1.82, 2.24) is 4.90 Å². The predicted molar refractivity (Wildman–Crippen MR) is 104 cm³/mol. The van der Waals surface area contributed by atoms with Crippen LogP contribution in [0.15, 0.2) is 35.7 Å². The summed E-state index contributed by atoms with van der Waals surface area (Å²) in [5.41, 5.74) is 3.94. The molecular formula is C20H28N3OS+. The van der Waals surface area contributed by atoms with Crippen LogP contribution in [0.25, 0.3) is 0 Å². The third kappa shape index (κ3) is 4.41. The number of benzene rings is 1. The Labute approximate surface area is 154 Å². The number of rotatable bonds is 5. The second kappa shape index (κ2) is 8.02. The van der Waals surface area contributed by atoms with Gasteiger partial charge in [-0.15, -0.1) is 11.3 Å². The van der Waals surface area contributed by atoms with Crippen LogP contribution in [0.2, 0.25) is 0 Å². The van der Waals surface area contributed by atoms with Gasteiger partial charge in [0.1, 0.15) is 0 Å². The molecule has 134 valence electrons. The number of anilines is 1. The number of quaternary nitrogens is 1. The summed E-state index contributed by atoms with van der Waals surface area (Å²) in [6, 6.07) is 10.7. The van der Waals surface area contributed by atoms with Gasteiger partial charge in [0.15, 0.2) is 6.54 Å². The summed E-state index contributed by atoms with van der Waals surface area (Å²) in [6.45, 7) is 9.67. The zero-order valence-electron chi connectivity index (χ0n) is 15.4. The highest BCUT2D eigenvalue weighted by molar-refractivity contribution is 7.10. The molecule has 0 bridgehead atoms. The summed E-state index contributed by atoms with van der Waals surface area (Å²) < 4.78 is 0. The molecule has 1 N–H and O–H groups in total. The van der Waals surface area contributed by atoms with Crippen molar-refractivity contribution in [2.45, 2.75) is 20.4 Å². The van der Waals surface area contributed by atoms with Gasteiger partial charge in [0.05, 0.1) is 32.7 Å². The molecule has 1 aromatic carbocycles. The molecule has 1 aliphatic rings. The van der Waals surface area contributed by atoms with E-state index in [0.717, 1.165) is 32.7 Å². The van der Waals surface area contributed by atoms with Crippen LogP contribution in [-0.2, 0) is 11.3 Å². The highest BCUT2D eigenvalue weighted by Gasteiger charge is 2.24. The second-order valence-corrected chi connectivity index (χ2v) is 7.98. The molecule has 1 saturated heterocycles. The summed E-state index contributed by atoms with van der Waals surface area (Å²) in [4.78, 5) is 19.6. The lowest BCUT2D eigenvalue weighted by Crippen LogP contribution is -3.15. The second-order valence-electron chi connectivity index (χ2n) is 6.98. The van der Waals surface area contributed by atoms with E-state index in [1.165, 1.54) is 26.6 Å². The van der Waals surface area contributed by atoms with E-state index in [9.17, 15) is 4.79 Å². The zero-order chi connectivity index (χ0) is 17.8. The maximum absolute atomic E-state index is 12.6. The lowest BCUT2D eigenvalue weighted by molar-refractivity contribution is -0.892. The van der Waals surface area contributed by atoms with Gasteiger partial charge in [0.2, 0.25) is 0 Å². The Kier molecular flexibility index (Phi) is 5.76. The summed E-state index contributed by atoms with van der Waals surface area (Å²) in [7, 11) is 1.92. The van der Waals surface area contributed by atoms with Gasteiger partial charge in [-0.25, -0.2) is 0 Å². The fourth-order valence-electron chi connectivity index (χ4n) is 3.38. The van der Waals surface area contributed by atoms with Crippen LogP contribution in [0.4, 0.5) is 5.69 Å². The molecule has 3 rings (SSSR count). The van der Waals surface area contributed by atoms with Crippen molar-refractivity contribution in [3.05, 3.63) is 51.7 Å². The maximum Gasteiger partial charge on any atom is 0.277 e. The van der Waals surface area contributed by atoms with Gasteiger partial charge in [0.25, 0.3) is 5.91 Å². The lowest BCUT2D eigenvalue weighted by Gasteiger charge is -2.34. The van der Waals surface area contributed by atoms with Gasteiger partial charge >= 0.3 is 0 Å². The molecular weight excluding hydrogens is 330 g/mol. The first kappa shape index (κ1) is 18.0. The number of nitrogens with one attached hydrogen (secondary N) is 1. The van der Waals surface area contributed by atoms with Crippen molar-refractivity contribution in [3.63, 3.8) is 0 Å². The fourth-order valence-corrected chi connectivity index (χ4v) is 4.34. The largest absolute Gasteiger partial charge is 0.360 e. The Morgan fingerprint density at radius 3 is 2.52 bits per heavy atom. The Morgan fingerprint density at radius 2 is 1.88 bits per heavy atom. The van der Waals surface area contributed by atoms with E-state index in [2.05, 4.69) is 54.5 Å². The first-order valence-electron chi connectivity index (χ1n) is 8.95. The smallest absolute Gasteiger partial charge is 0.277 e. The van der Waals surface area contributed by atoms with Crippen LogP contribution < -0.4 is 9.80 Å². The number of hydrogen-bond acceptors (Lipinski definition) is 3. The van der Waals surface area contributed by atoms with E-state index in [4.69, 9.17) is 0 Å². The van der Waals surface area contributed by atoms with E-state index in [1.807, 2.05) is 11.9 Å². The van der Waals surface area contributed by atoms with Crippen LogP contribution in [-0.4, -0.2) is 50.6 Å². The molecule has 0 radical (unpaired) electrons. The van der Waals surface area contributed by atoms with E-state index in [1.54, 1.807) is 11.3 Å². The van der Waals surface area contributed by atoms with Crippen LogP contribution in [0.5, 0.6) is 0 Å². The molecule has 0 atom stereocenters. The Bertz CT molecular complexity index is 719. The molecule has 0 unspecified atom stereocenters. The molecule has 0 saturated carbocycles. The predicted octanol–water partition coefficient (Wildman–Crippen LogP) is 1.73. The molecule has 0 aliphatic carbocycles. The minimum Gasteiger partial charge on any atom is -0.360 e. The number of aryl methyl sites for hydroxylation is 2. The van der Waals surface area contributed by atoms with Crippen molar-refractivity contribution < 1.29 is 9.69 Å². The summed E-state index contributed by atoms with van der Waals surface area (Å²) in [5, 5.41) is 2.10. The molecule has 5 heteroatoms. The third-order valence-corrected chi connectivity index (χ3v) is 6.11. The first-order chi connectivity index (χ1) is 12.0. The average Bonchev–Trinajstić information content (AvgIpc) is 3.01. The highest BCUT2D eigenvalue weighted by atomic mass is 32.1. The molecule has 1 fully saturated rings. The minimum absolute atomic E-state index is 0.243. The quantitative estimate of drug-likeness (QED) is 0.882. The van der Waals surface area contributed by atoms with E-state index < -0.39 is 0 Å². The molecule has 1 aromatic heterocycles. The number of nitrogens with zero attached hydrogens (tertiary/aromatic N) is 2. The lowest BCUT2D eigenvalue weighted by atomic mass is 10.1. The SMILES string of the molecule is Cc1ccccc1N1CC[NH+](CC(=O)N(C)Cc2sccc2C)CC1. The van der Waals surface area contributed by atoms with Gasteiger partial charge in [0, 0.05) is 17.6 Å². The van der Waals surface area contributed by atoms with Crippen molar-refractivity contribution in [2.24, 2.45) is 0 Å². The van der Waals surface area contributed by atoms with Crippen molar-refractivity contribution >= 4 is 22.9 Å². The molecule has 4 nitrogen and oxygen atoms in total. The van der Waals surface area contributed by atoms with E-state index in [-0.39, 0.29) is 5.91 Å². The van der Waals surface area contributed by atoms with Gasteiger partial charge in [-0.1, -0.05) is 18.2 Å². The average molecular weight is 359 g/mol. The number of carbonyl (C=O) groups excluding carboxylic acids is 1. The Morgan fingerprint density at radius 1 is 1.16 bits per heavy atom. The number of likely N-dealkylation sites (N-methyl/N-ethyl adjacent to an activating group) is 1. The molecule has 1 amide bonds. The minimum atomic E-state index is 0.243. The number of carbonyl (C=O) groups is 1. The highest BCUT2D eigenvalue weighted by Crippen LogP contribution is 2.19. The zero-order valence-corrected chi connectivity index (χ0v) is 16.2. The van der Waals surface area contributed by atoms with Crippen LogP contribution in [0.3, 0.4) is 0 Å². The van der Waals surface area contributed by atoms with Crippen LogP contribution >= 0.6 is 11.3 Å². The number of amides is 1. The molecule has 2 aromatic rings. The Hall–Kier alpha value is -1.85. The van der Waals surface area contributed by atoms with E-state index >= 15 is 0 Å². The van der Waals surface area contributed by atoms with Gasteiger partial charge in [-0.2, -0.15) is 0 Å². The molecule has 0 spiro atoms. The third-order valence-electron chi connectivity index (χ3n) is 5.10. The standard InChI is InChI=1S/C20H27N3OS/c1-16-6-4-5-7-18(16)23-11-9-22(10-12-23)15-20(24)21(3)14-19-17(2)8-13-25-19/h4-8,13H,9-12,14-15H2,1-3H3/p+1. The monoisotopic (exact) mass is 358 g/mol. The van der Waals surface area contributed by atoms with Gasteiger partial charge in [-0.3, -0.25) is 4.79 Å². The van der Waals surface area contributed by atoms with Crippen LogP contribution in [0.1, 0.15) is 16.0 Å². The number of hydrogen-bond donors (Lipinski definition) is 1. The number of para-hydroxylation sites is 1. The van der Waals surface area contributed by atoms with Crippen molar-refractivity contribution in [3.8, 4) is 0 Å². The number of piperazine rings is 1. The van der Waals surface area contributed by atoms with E-state index in [0.29, 0.717) is 6.54 Å². The summed E-state index contributed by atoms with van der Waals surface area (Å²) in [6.07, 6.45) is 0. The van der Waals surface area contributed by atoms with Crippen LogP contribution in [0, 0.1) is 13.8 Å². The number of thiophene rings is 1. The Balaban J connectivity index is 1.49. The normalized spacial score (nSPS) is 15.4. The molecule has 1 aliphatic heterocycles. The summed E-state index contributed by atoms with van der Waals surface area (Å²) in [5.74, 6) is 0.243. The van der Waals surface area contributed by atoms with Crippen molar-refractivity contribution in [2.75, 3.05) is 44.7 Å². The van der Waals surface area contributed by atoms with Crippen molar-refractivity contribution in [1.29, 1.82) is 0 Å². The first-order valence-corrected chi connectivity index (χ1v) is 9.83. The maximum atomic E-state index is 12.6. The molecule has 2 heterocycles. The van der Waals surface area contributed by atoms with Gasteiger partial charge in [-0.05, 0) is 42.5 Å².